The van der Waals surface area contributed by atoms with Gasteiger partial charge in [0, 0.05) is 12.1 Å². The highest BCUT2D eigenvalue weighted by Gasteiger charge is 2.15. The number of aromatic nitrogens is 1. The molecule has 0 unspecified atom stereocenters. The molecule has 1 heterocycles. The molecule has 5 heteroatoms. The molecule has 1 aromatic heterocycles. The summed E-state index contributed by atoms with van der Waals surface area (Å²) in [6, 6.07) is 12.5. The summed E-state index contributed by atoms with van der Waals surface area (Å²) >= 11 is 0. The second kappa shape index (κ2) is 5.92. The van der Waals surface area contributed by atoms with Crippen LogP contribution in [-0.2, 0) is 5.41 Å². The van der Waals surface area contributed by atoms with Gasteiger partial charge in [-0.25, -0.2) is 4.98 Å². The molecule has 0 radical (unpaired) electrons. The Morgan fingerprint density at radius 3 is 2.58 bits per heavy atom. The van der Waals surface area contributed by atoms with Crippen LogP contribution >= 0.6 is 0 Å². The molecular weight excluding hydrogens is 304 g/mol. The molecule has 0 fully saturated rings. The molecule has 0 aliphatic carbocycles. The molecule has 0 saturated carbocycles. The van der Waals surface area contributed by atoms with Gasteiger partial charge in [0.2, 0.25) is 5.89 Å². The standard InChI is InChI=1S/C19H18N2O3/c1-19(2,3)14-9-10-17-15(12-14)20-18(24-17)11-8-13-6-4-5-7-16(13)21(22)23/h4-12H,1-3H3/b11-8+. The third kappa shape index (κ3) is 3.20. The fourth-order valence-electron chi connectivity index (χ4n) is 2.44. The number of rotatable bonds is 3. The Labute approximate surface area is 139 Å². The molecule has 0 spiro atoms. The van der Waals surface area contributed by atoms with Crippen LogP contribution in [-0.4, -0.2) is 9.91 Å². The third-order valence-electron chi connectivity index (χ3n) is 3.81. The number of nitro groups is 1. The van der Waals surface area contributed by atoms with Gasteiger partial charge in [-0.3, -0.25) is 10.1 Å². The topological polar surface area (TPSA) is 69.2 Å². The van der Waals surface area contributed by atoms with Crippen LogP contribution in [0.15, 0.2) is 46.9 Å². The van der Waals surface area contributed by atoms with Crippen molar-refractivity contribution in [1.29, 1.82) is 0 Å². The molecule has 0 aliphatic heterocycles. The lowest BCUT2D eigenvalue weighted by Gasteiger charge is -2.18. The maximum absolute atomic E-state index is 11.0. The maximum Gasteiger partial charge on any atom is 0.276 e. The first-order valence-electron chi connectivity index (χ1n) is 7.67. The third-order valence-corrected chi connectivity index (χ3v) is 3.81. The number of para-hydroxylation sites is 1. The minimum atomic E-state index is -0.401. The van der Waals surface area contributed by atoms with Gasteiger partial charge in [-0.1, -0.05) is 39.0 Å². The Hall–Kier alpha value is -2.95. The first-order valence-corrected chi connectivity index (χ1v) is 7.67. The number of benzene rings is 2. The quantitative estimate of drug-likeness (QED) is 0.490. The van der Waals surface area contributed by atoms with E-state index in [-0.39, 0.29) is 11.1 Å². The fourth-order valence-corrected chi connectivity index (χ4v) is 2.44. The van der Waals surface area contributed by atoms with Gasteiger partial charge in [0.25, 0.3) is 5.69 Å². The van der Waals surface area contributed by atoms with E-state index in [1.807, 2.05) is 18.2 Å². The van der Waals surface area contributed by atoms with Crippen molar-refractivity contribution in [2.45, 2.75) is 26.2 Å². The monoisotopic (exact) mass is 322 g/mol. The molecule has 24 heavy (non-hydrogen) atoms. The number of hydrogen-bond acceptors (Lipinski definition) is 4. The summed E-state index contributed by atoms with van der Waals surface area (Å²) in [4.78, 5) is 15.1. The van der Waals surface area contributed by atoms with E-state index in [1.54, 1.807) is 30.4 Å². The predicted octanol–water partition coefficient (Wildman–Crippen LogP) is 5.20. The summed E-state index contributed by atoms with van der Waals surface area (Å²) in [6.07, 6.45) is 3.30. The predicted molar refractivity (Wildman–Crippen MR) is 94.7 cm³/mol. The Balaban J connectivity index is 1.95. The van der Waals surface area contributed by atoms with Gasteiger partial charge in [-0.2, -0.15) is 0 Å². The number of fused-ring (bicyclic) bond motifs is 1. The number of hydrogen-bond donors (Lipinski definition) is 0. The van der Waals surface area contributed by atoms with E-state index in [0.717, 1.165) is 5.52 Å². The van der Waals surface area contributed by atoms with E-state index in [1.165, 1.54) is 11.6 Å². The van der Waals surface area contributed by atoms with Crippen LogP contribution in [0, 0.1) is 10.1 Å². The lowest BCUT2D eigenvalue weighted by atomic mass is 9.87. The van der Waals surface area contributed by atoms with Crippen molar-refractivity contribution in [3.8, 4) is 0 Å². The summed E-state index contributed by atoms with van der Waals surface area (Å²) in [7, 11) is 0. The van der Waals surface area contributed by atoms with Crippen molar-refractivity contribution in [2.75, 3.05) is 0 Å². The summed E-state index contributed by atoms with van der Waals surface area (Å²) in [5.41, 5.74) is 3.26. The van der Waals surface area contributed by atoms with E-state index >= 15 is 0 Å². The summed E-state index contributed by atoms with van der Waals surface area (Å²) < 4.78 is 5.69. The first kappa shape index (κ1) is 15.9. The molecule has 122 valence electrons. The van der Waals surface area contributed by atoms with Crippen LogP contribution < -0.4 is 0 Å². The molecular formula is C19H18N2O3. The minimum absolute atomic E-state index is 0.0355. The maximum atomic E-state index is 11.0. The lowest BCUT2D eigenvalue weighted by Crippen LogP contribution is -2.10. The summed E-state index contributed by atoms with van der Waals surface area (Å²) in [5, 5.41) is 11.0. The smallest absolute Gasteiger partial charge is 0.276 e. The summed E-state index contributed by atoms with van der Waals surface area (Å²) in [5.74, 6) is 0.425. The van der Waals surface area contributed by atoms with Crippen molar-refractivity contribution in [2.24, 2.45) is 0 Å². The van der Waals surface area contributed by atoms with Crippen LogP contribution in [0.25, 0.3) is 23.3 Å². The molecule has 0 atom stereocenters. The van der Waals surface area contributed by atoms with E-state index in [4.69, 9.17) is 4.42 Å². The zero-order valence-electron chi connectivity index (χ0n) is 13.8. The zero-order chi connectivity index (χ0) is 17.3. The van der Waals surface area contributed by atoms with Crippen LogP contribution in [0.2, 0.25) is 0 Å². The molecule has 0 saturated heterocycles. The molecule has 0 bridgehead atoms. The van der Waals surface area contributed by atoms with Gasteiger partial charge in [0.15, 0.2) is 5.58 Å². The number of nitro benzene ring substituents is 1. The molecule has 2 aromatic carbocycles. The van der Waals surface area contributed by atoms with E-state index < -0.39 is 4.92 Å². The van der Waals surface area contributed by atoms with Crippen LogP contribution in [0.1, 0.15) is 37.8 Å². The average Bonchev–Trinajstić information content (AvgIpc) is 2.94. The zero-order valence-corrected chi connectivity index (χ0v) is 13.8. The second-order valence-corrected chi connectivity index (χ2v) is 6.63. The SMILES string of the molecule is CC(C)(C)c1ccc2oc(/C=C/c3ccccc3[N+](=O)[O-])nc2c1. The van der Waals surface area contributed by atoms with Crippen LogP contribution in [0.5, 0.6) is 0 Å². The van der Waals surface area contributed by atoms with E-state index in [0.29, 0.717) is 17.0 Å². The highest BCUT2D eigenvalue weighted by Crippen LogP contribution is 2.27. The summed E-state index contributed by atoms with van der Waals surface area (Å²) in [6.45, 7) is 6.43. The van der Waals surface area contributed by atoms with Crippen molar-refractivity contribution in [3.05, 3.63) is 69.6 Å². The Kier molecular flexibility index (Phi) is 3.93. The molecule has 5 nitrogen and oxygen atoms in total. The van der Waals surface area contributed by atoms with E-state index in [9.17, 15) is 10.1 Å². The van der Waals surface area contributed by atoms with Gasteiger partial charge in [-0.15, -0.1) is 0 Å². The minimum Gasteiger partial charge on any atom is -0.437 e. The van der Waals surface area contributed by atoms with Gasteiger partial charge in [0.05, 0.1) is 10.5 Å². The van der Waals surface area contributed by atoms with Crippen molar-refractivity contribution in [3.63, 3.8) is 0 Å². The molecule has 0 N–H and O–H groups in total. The van der Waals surface area contributed by atoms with Crippen LogP contribution in [0.3, 0.4) is 0 Å². The van der Waals surface area contributed by atoms with Gasteiger partial charge >= 0.3 is 0 Å². The molecule has 0 aliphatic rings. The van der Waals surface area contributed by atoms with Gasteiger partial charge < -0.3 is 4.42 Å². The highest BCUT2D eigenvalue weighted by atomic mass is 16.6. The Morgan fingerprint density at radius 2 is 1.88 bits per heavy atom. The largest absolute Gasteiger partial charge is 0.437 e. The Morgan fingerprint density at radius 1 is 1.12 bits per heavy atom. The van der Waals surface area contributed by atoms with Gasteiger partial charge in [0.1, 0.15) is 5.52 Å². The fraction of sp³-hybridized carbons (Fsp3) is 0.211. The van der Waals surface area contributed by atoms with Crippen molar-refractivity contribution < 1.29 is 9.34 Å². The second-order valence-electron chi connectivity index (χ2n) is 6.63. The molecule has 0 amide bonds. The highest BCUT2D eigenvalue weighted by molar-refractivity contribution is 5.78. The number of nitrogens with zero attached hydrogens (tertiary/aromatic N) is 2. The molecule has 3 aromatic rings. The van der Waals surface area contributed by atoms with Crippen molar-refractivity contribution >= 4 is 28.9 Å². The van der Waals surface area contributed by atoms with Crippen LogP contribution in [0.4, 0.5) is 5.69 Å². The van der Waals surface area contributed by atoms with Crippen molar-refractivity contribution in [1.82, 2.24) is 4.98 Å². The lowest BCUT2D eigenvalue weighted by molar-refractivity contribution is -0.385. The Bertz CT molecular complexity index is 933. The van der Waals surface area contributed by atoms with Gasteiger partial charge in [-0.05, 0) is 35.3 Å². The first-order chi connectivity index (χ1) is 11.3. The average molecular weight is 322 g/mol. The number of oxazole rings is 1. The van der Waals surface area contributed by atoms with E-state index in [2.05, 4.69) is 25.8 Å². The normalized spacial score (nSPS) is 12.1. The molecule has 3 rings (SSSR count).